The van der Waals surface area contributed by atoms with Gasteiger partial charge in [0.05, 0.1) is 22.6 Å². The molecule has 1 amide bonds. The highest BCUT2D eigenvalue weighted by atomic mass is 16.5. The van der Waals surface area contributed by atoms with Crippen molar-refractivity contribution in [2.75, 3.05) is 13.2 Å². The molecule has 2 saturated carbocycles. The second kappa shape index (κ2) is 9.93. The van der Waals surface area contributed by atoms with Gasteiger partial charge >= 0.3 is 0 Å². The van der Waals surface area contributed by atoms with E-state index in [2.05, 4.69) is 11.4 Å². The first-order chi connectivity index (χ1) is 18.8. The van der Waals surface area contributed by atoms with Gasteiger partial charge in [0, 0.05) is 37.9 Å². The second-order valence-electron chi connectivity index (χ2n) is 11.7. The number of nitrogens with one attached hydrogen (secondary N) is 1. The van der Waals surface area contributed by atoms with Gasteiger partial charge in [0.1, 0.15) is 5.58 Å². The Morgan fingerprint density at radius 3 is 2.26 bits per heavy atom. The molecule has 7 heteroatoms. The SMILES string of the molecule is N#CC1(CC(=O)C2(NC(=O)c3cc4ccc(-c5ccc(C6(O)CCOCC6)cc5)cc4o3)CCCCC2)CC1. The average molecular weight is 527 g/mol. The van der Waals surface area contributed by atoms with Gasteiger partial charge < -0.3 is 19.6 Å². The number of ketones is 1. The van der Waals surface area contributed by atoms with Gasteiger partial charge in [-0.05, 0) is 54.5 Å². The summed E-state index contributed by atoms with van der Waals surface area (Å²) in [5, 5.41) is 24.3. The molecule has 0 spiro atoms. The summed E-state index contributed by atoms with van der Waals surface area (Å²) in [6.45, 7) is 1.11. The predicted octanol–water partition coefficient (Wildman–Crippen LogP) is 5.79. The summed E-state index contributed by atoms with van der Waals surface area (Å²) >= 11 is 0. The summed E-state index contributed by atoms with van der Waals surface area (Å²) < 4.78 is 11.4. The van der Waals surface area contributed by atoms with E-state index in [0.29, 0.717) is 44.5 Å². The van der Waals surface area contributed by atoms with E-state index in [1.54, 1.807) is 6.07 Å². The van der Waals surface area contributed by atoms with E-state index in [1.807, 2.05) is 42.5 Å². The minimum absolute atomic E-state index is 0.0261. The van der Waals surface area contributed by atoms with Gasteiger partial charge in [0.25, 0.3) is 5.91 Å². The number of benzene rings is 2. The molecule has 0 radical (unpaired) electrons. The molecule has 7 nitrogen and oxygen atoms in total. The third kappa shape index (κ3) is 4.99. The van der Waals surface area contributed by atoms with Crippen molar-refractivity contribution in [3.63, 3.8) is 0 Å². The van der Waals surface area contributed by atoms with Gasteiger partial charge in [-0.25, -0.2) is 0 Å². The van der Waals surface area contributed by atoms with E-state index in [1.165, 1.54) is 0 Å². The molecule has 3 fully saturated rings. The van der Waals surface area contributed by atoms with Crippen LogP contribution in [0.15, 0.2) is 52.9 Å². The summed E-state index contributed by atoms with van der Waals surface area (Å²) in [5.41, 5.74) is 1.09. The molecule has 6 rings (SSSR count). The number of rotatable bonds is 7. The molecule has 3 aliphatic rings. The number of hydrogen-bond donors (Lipinski definition) is 2. The lowest BCUT2D eigenvalue weighted by atomic mass is 9.75. The molecule has 1 saturated heterocycles. The molecular weight excluding hydrogens is 492 g/mol. The van der Waals surface area contributed by atoms with Crippen LogP contribution < -0.4 is 5.32 Å². The van der Waals surface area contributed by atoms with E-state index in [9.17, 15) is 20.0 Å². The van der Waals surface area contributed by atoms with Crippen molar-refractivity contribution in [2.24, 2.45) is 5.41 Å². The molecular formula is C32H34N2O5. The number of furan rings is 1. The molecule has 3 aromatic rings. The number of carbonyl (C=O) groups is 2. The van der Waals surface area contributed by atoms with Gasteiger partial charge in [0.15, 0.2) is 11.5 Å². The van der Waals surface area contributed by atoms with Crippen LogP contribution in [-0.2, 0) is 15.1 Å². The Kier molecular flexibility index (Phi) is 6.57. The number of Topliss-reactive ketones (excluding diaryl/α,β-unsaturated/α-hetero) is 1. The van der Waals surface area contributed by atoms with E-state index in [4.69, 9.17) is 9.15 Å². The maximum atomic E-state index is 13.4. The summed E-state index contributed by atoms with van der Waals surface area (Å²) in [6, 6.07) is 17.8. The van der Waals surface area contributed by atoms with Gasteiger partial charge in [0.2, 0.25) is 0 Å². The molecule has 0 atom stereocenters. The third-order valence-electron chi connectivity index (χ3n) is 9.00. The molecule has 0 unspecified atom stereocenters. The Morgan fingerprint density at radius 1 is 0.897 bits per heavy atom. The number of aliphatic hydroxyl groups is 1. The Labute approximate surface area is 228 Å². The fraction of sp³-hybridized carbons (Fsp3) is 0.469. The zero-order valence-electron chi connectivity index (χ0n) is 22.1. The van der Waals surface area contributed by atoms with Crippen LogP contribution in [0.1, 0.15) is 80.3 Å². The van der Waals surface area contributed by atoms with Crippen LogP contribution in [0.4, 0.5) is 0 Å². The zero-order chi connectivity index (χ0) is 27.1. The first kappa shape index (κ1) is 25.8. The topological polar surface area (TPSA) is 113 Å². The van der Waals surface area contributed by atoms with Crippen LogP contribution in [-0.4, -0.2) is 35.5 Å². The van der Waals surface area contributed by atoms with Crippen LogP contribution >= 0.6 is 0 Å². The largest absolute Gasteiger partial charge is 0.451 e. The summed E-state index contributed by atoms with van der Waals surface area (Å²) in [6.07, 6.45) is 6.87. The van der Waals surface area contributed by atoms with Crippen molar-refractivity contribution < 1.29 is 23.8 Å². The summed E-state index contributed by atoms with van der Waals surface area (Å²) in [7, 11) is 0. The first-order valence-electron chi connectivity index (χ1n) is 14.1. The van der Waals surface area contributed by atoms with E-state index < -0.39 is 16.6 Å². The molecule has 2 heterocycles. The number of carbonyl (C=O) groups excluding carboxylic acids is 2. The third-order valence-corrected chi connectivity index (χ3v) is 9.00. The Morgan fingerprint density at radius 2 is 1.59 bits per heavy atom. The summed E-state index contributed by atoms with van der Waals surface area (Å²) in [5.74, 6) is -0.237. The molecule has 1 aromatic heterocycles. The maximum absolute atomic E-state index is 13.4. The Bertz CT molecular complexity index is 1430. The minimum atomic E-state index is -0.928. The van der Waals surface area contributed by atoms with Crippen LogP contribution in [0.3, 0.4) is 0 Å². The van der Waals surface area contributed by atoms with E-state index in [0.717, 1.165) is 54.2 Å². The van der Waals surface area contributed by atoms with Crippen LogP contribution in [0, 0.1) is 16.7 Å². The van der Waals surface area contributed by atoms with Crippen molar-refractivity contribution in [3.05, 3.63) is 59.9 Å². The lowest BCUT2D eigenvalue weighted by Gasteiger charge is -2.37. The zero-order valence-corrected chi connectivity index (χ0v) is 22.1. The fourth-order valence-corrected chi connectivity index (χ4v) is 6.16. The van der Waals surface area contributed by atoms with E-state index >= 15 is 0 Å². The van der Waals surface area contributed by atoms with Gasteiger partial charge in [-0.1, -0.05) is 55.7 Å². The second-order valence-corrected chi connectivity index (χ2v) is 11.7. The minimum Gasteiger partial charge on any atom is -0.451 e. The molecule has 39 heavy (non-hydrogen) atoms. The molecule has 0 bridgehead atoms. The van der Waals surface area contributed by atoms with Gasteiger partial charge in [-0.2, -0.15) is 5.26 Å². The van der Waals surface area contributed by atoms with Crippen molar-refractivity contribution in [3.8, 4) is 17.2 Å². The Hall–Kier alpha value is -3.47. The highest BCUT2D eigenvalue weighted by molar-refractivity contribution is 6.01. The predicted molar refractivity (Wildman–Crippen MR) is 146 cm³/mol. The lowest BCUT2D eigenvalue weighted by Crippen LogP contribution is -2.56. The molecule has 2 aliphatic carbocycles. The summed E-state index contributed by atoms with van der Waals surface area (Å²) in [4.78, 5) is 26.8. The molecule has 2 N–H and O–H groups in total. The average Bonchev–Trinajstić information content (AvgIpc) is 3.60. The van der Waals surface area contributed by atoms with Gasteiger partial charge in [-0.3, -0.25) is 9.59 Å². The standard InChI is InChI=1S/C32H34N2O5/c33-21-30(12-13-30)20-28(35)31(10-2-1-3-11-31)34-29(36)27-19-24-5-4-23(18-26(24)39-27)22-6-8-25(9-7-22)32(37)14-16-38-17-15-32/h4-9,18-19,37H,1-3,10-17,20H2,(H,34,36). The molecule has 202 valence electrons. The molecule has 2 aromatic carbocycles. The normalized spacial score (nSPS) is 21.1. The van der Waals surface area contributed by atoms with Crippen LogP contribution in [0.5, 0.6) is 0 Å². The van der Waals surface area contributed by atoms with Crippen LogP contribution in [0.2, 0.25) is 0 Å². The van der Waals surface area contributed by atoms with E-state index in [-0.39, 0.29) is 23.9 Å². The number of fused-ring (bicyclic) bond motifs is 1. The number of nitrogens with zero attached hydrogens (tertiary/aromatic N) is 1. The van der Waals surface area contributed by atoms with Crippen molar-refractivity contribution in [2.45, 2.75) is 75.3 Å². The highest BCUT2D eigenvalue weighted by Gasteiger charge is 2.50. The smallest absolute Gasteiger partial charge is 0.287 e. The number of nitriles is 1. The maximum Gasteiger partial charge on any atom is 0.287 e. The van der Waals surface area contributed by atoms with Crippen LogP contribution in [0.25, 0.3) is 22.1 Å². The fourth-order valence-electron chi connectivity index (χ4n) is 6.16. The number of amides is 1. The van der Waals surface area contributed by atoms with Crippen molar-refractivity contribution in [1.29, 1.82) is 5.26 Å². The van der Waals surface area contributed by atoms with Crippen molar-refractivity contribution in [1.82, 2.24) is 5.32 Å². The number of hydrogen-bond acceptors (Lipinski definition) is 6. The number of ether oxygens (including phenoxy) is 1. The van der Waals surface area contributed by atoms with Crippen molar-refractivity contribution >= 4 is 22.7 Å². The quantitative estimate of drug-likeness (QED) is 0.403. The first-order valence-corrected chi connectivity index (χ1v) is 14.1. The lowest BCUT2D eigenvalue weighted by molar-refractivity contribution is -0.127. The Balaban J connectivity index is 1.21. The van der Waals surface area contributed by atoms with Gasteiger partial charge in [-0.15, -0.1) is 0 Å². The molecule has 1 aliphatic heterocycles. The monoisotopic (exact) mass is 526 g/mol. The highest BCUT2D eigenvalue weighted by Crippen LogP contribution is 2.49.